The number of benzene rings is 3. The standard InChI is InChI=1S/C31H29FN4O4/c32-24-18-22(17-23-19-36(31(40)27(23)24)25-11-12-26(37)33-29(25)38)30(39)35-15-13-34(14-16-35)28(20-7-3-1-4-8-20)21-9-5-2-6-10-21/h1-10,17-18,25,28H,11-16,19H2,(H,33,37,38). The van der Waals surface area contributed by atoms with Crippen molar-refractivity contribution in [2.24, 2.45) is 0 Å². The van der Waals surface area contributed by atoms with E-state index < -0.39 is 23.7 Å². The molecule has 6 rings (SSSR count). The first-order chi connectivity index (χ1) is 19.4. The zero-order chi connectivity index (χ0) is 27.8. The van der Waals surface area contributed by atoms with Gasteiger partial charge in [0, 0.05) is 44.7 Å². The maximum Gasteiger partial charge on any atom is 0.258 e. The number of nitrogens with zero attached hydrogens (tertiary/aromatic N) is 3. The molecule has 3 heterocycles. The molecule has 3 aromatic rings. The predicted octanol–water partition coefficient (Wildman–Crippen LogP) is 3.13. The van der Waals surface area contributed by atoms with E-state index in [1.54, 1.807) is 11.0 Å². The van der Waals surface area contributed by atoms with E-state index in [4.69, 9.17) is 0 Å². The number of nitrogens with one attached hydrogen (secondary N) is 1. The normalized spacial score (nSPS) is 19.6. The summed E-state index contributed by atoms with van der Waals surface area (Å²) < 4.78 is 15.2. The Morgan fingerprint density at radius 1 is 0.875 bits per heavy atom. The van der Waals surface area contributed by atoms with Gasteiger partial charge in [0.15, 0.2) is 0 Å². The van der Waals surface area contributed by atoms with Crippen LogP contribution >= 0.6 is 0 Å². The van der Waals surface area contributed by atoms with Crippen LogP contribution in [0.25, 0.3) is 0 Å². The molecule has 40 heavy (non-hydrogen) atoms. The minimum Gasteiger partial charge on any atom is -0.336 e. The van der Waals surface area contributed by atoms with Gasteiger partial charge in [-0.05, 0) is 35.2 Å². The van der Waals surface area contributed by atoms with E-state index in [0.29, 0.717) is 31.7 Å². The largest absolute Gasteiger partial charge is 0.336 e. The number of piperidine rings is 1. The molecule has 0 aliphatic carbocycles. The molecule has 3 aliphatic rings. The first kappa shape index (κ1) is 25.9. The fourth-order valence-electron chi connectivity index (χ4n) is 6.03. The van der Waals surface area contributed by atoms with Gasteiger partial charge >= 0.3 is 0 Å². The number of carbonyl (C=O) groups excluding carboxylic acids is 4. The molecule has 0 radical (unpaired) electrons. The SMILES string of the molecule is O=C1CCC(N2Cc3cc(C(=O)N4CCN(C(c5ccccc5)c5ccccc5)CC4)cc(F)c3C2=O)C(=O)N1. The number of amides is 4. The van der Waals surface area contributed by atoms with E-state index >= 15 is 4.39 Å². The first-order valence-electron chi connectivity index (χ1n) is 13.5. The molecule has 2 fully saturated rings. The number of rotatable bonds is 5. The van der Waals surface area contributed by atoms with Crippen molar-refractivity contribution in [1.82, 2.24) is 20.0 Å². The third-order valence-corrected chi connectivity index (χ3v) is 8.02. The van der Waals surface area contributed by atoms with Gasteiger partial charge in [0.2, 0.25) is 11.8 Å². The Morgan fingerprint density at radius 2 is 1.50 bits per heavy atom. The Kier molecular flexibility index (Phi) is 6.89. The first-order valence-corrected chi connectivity index (χ1v) is 13.5. The van der Waals surface area contributed by atoms with E-state index in [1.165, 1.54) is 16.0 Å². The van der Waals surface area contributed by atoms with Gasteiger partial charge < -0.3 is 9.80 Å². The summed E-state index contributed by atoms with van der Waals surface area (Å²) in [6, 6.07) is 22.5. The number of carbonyl (C=O) groups is 4. The summed E-state index contributed by atoms with van der Waals surface area (Å²) in [5, 5.41) is 2.24. The lowest BCUT2D eigenvalue weighted by atomic mass is 9.96. The summed E-state index contributed by atoms with van der Waals surface area (Å²) >= 11 is 0. The number of piperazine rings is 1. The van der Waals surface area contributed by atoms with Crippen molar-refractivity contribution in [1.29, 1.82) is 0 Å². The monoisotopic (exact) mass is 540 g/mol. The molecule has 0 aromatic heterocycles. The van der Waals surface area contributed by atoms with Crippen LogP contribution in [0.5, 0.6) is 0 Å². The predicted molar refractivity (Wildman–Crippen MR) is 145 cm³/mol. The topological polar surface area (TPSA) is 90.0 Å². The average molecular weight is 541 g/mol. The Bertz CT molecular complexity index is 1430. The van der Waals surface area contributed by atoms with E-state index in [0.717, 1.165) is 6.07 Å². The van der Waals surface area contributed by atoms with Crippen LogP contribution in [0.15, 0.2) is 72.8 Å². The van der Waals surface area contributed by atoms with E-state index in [-0.39, 0.29) is 48.4 Å². The quantitative estimate of drug-likeness (QED) is 0.503. The molecule has 3 aliphatic heterocycles. The second-order valence-corrected chi connectivity index (χ2v) is 10.4. The lowest BCUT2D eigenvalue weighted by molar-refractivity contribution is -0.136. The lowest BCUT2D eigenvalue weighted by Crippen LogP contribution is -2.52. The Morgan fingerprint density at radius 3 is 2.10 bits per heavy atom. The van der Waals surface area contributed by atoms with Crippen molar-refractivity contribution in [2.45, 2.75) is 31.5 Å². The molecule has 1 atom stereocenters. The molecule has 3 aromatic carbocycles. The highest BCUT2D eigenvalue weighted by atomic mass is 19.1. The molecule has 8 nitrogen and oxygen atoms in total. The van der Waals surface area contributed by atoms with Gasteiger partial charge in [0.25, 0.3) is 11.8 Å². The highest BCUT2D eigenvalue weighted by molar-refractivity contribution is 6.06. The van der Waals surface area contributed by atoms with Crippen LogP contribution in [0.1, 0.15) is 56.3 Å². The molecule has 9 heteroatoms. The summed E-state index contributed by atoms with van der Waals surface area (Å²) in [4.78, 5) is 55.7. The molecule has 1 unspecified atom stereocenters. The van der Waals surface area contributed by atoms with Crippen molar-refractivity contribution in [2.75, 3.05) is 26.2 Å². The second-order valence-electron chi connectivity index (χ2n) is 10.4. The maximum atomic E-state index is 15.2. The van der Waals surface area contributed by atoms with Crippen molar-refractivity contribution in [3.05, 3.63) is 106 Å². The highest BCUT2D eigenvalue weighted by Gasteiger charge is 2.41. The summed E-state index contributed by atoms with van der Waals surface area (Å²) in [7, 11) is 0. The molecule has 4 amide bonds. The van der Waals surface area contributed by atoms with Crippen molar-refractivity contribution < 1.29 is 23.6 Å². The lowest BCUT2D eigenvalue weighted by Gasteiger charge is -2.39. The molecule has 0 bridgehead atoms. The minimum absolute atomic E-state index is 0.0160. The number of hydrogen-bond acceptors (Lipinski definition) is 5. The molecular formula is C31H29FN4O4. The van der Waals surface area contributed by atoms with Crippen molar-refractivity contribution in [3.8, 4) is 0 Å². The molecular weight excluding hydrogens is 511 g/mol. The average Bonchev–Trinajstić information content (AvgIpc) is 3.30. The van der Waals surface area contributed by atoms with Crippen LogP contribution in [-0.2, 0) is 16.1 Å². The minimum atomic E-state index is -0.841. The Labute approximate surface area is 231 Å². The van der Waals surface area contributed by atoms with Crippen molar-refractivity contribution >= 4 is 23.6 Å². The fourth-order valence-corrected chi connectivity index (χ4v) is 6.03. The van der Waals surface area contributed by atoms with Crippen LogP contribution in [0.2, 0.25) is 0 Å². The molecule has 1 N–H and O–H groups in total. The van der Waals surface area contributed by atoms with Crippen LogP contribution in [0.3, 0.4) is 0 Å². The van der Waals surface area contributed by atoms with E-state index in [9.17, 15) is 19.2 Å². The van der Waals surface area contributed by atoms with Gasteiger partial charge in [-0.3, -0.25) is 29.4 Å². The Balaban J connectivity index is 1.17. The number of halogens is 1. The summed E-state index contributed by atoms with van der Waals surface area (Å²) in [6.45, 7) is 2.27. The number of imide groups is 1. The van der Waals surface area contributed by atoms with Gasteiger partial charge in [-0.25, -0.2) is 4.39 Å². The van der Waals surface area contributed by atoms with Crippen LogP contribution in [0, 0.1) is 5.82 Å². The molecule has 204 valence electrons. The summed E-state index contributed by atoms with van der Waals surface area (Å²) in [5.74, 6) is -2.60. The van der Waals surface area contributed by atoms with Crippen LogP contribution in [-0.4, -0.2) is 70.5 Å². The van der Waals surface area contributed by atoms with Gasteiger partial charge in [-0.2, -0.15) is 0 Å². The maximum absolute atomic E-state index is 15.2. The van der Waals surface area contributed by atoms with Gasteiger partial charge in [-0.15, -0.1) is 0 Å². The van der Waals surface area contributed by atoms with Gasteiger partial charge in [-0.1, -0.05) is 60.7 Å². The van der Waals surface area contributed by atoms with E-state index in [2.05, 4.69) is 34.5 Å². The molecule has 0 spiro atoms. The van der Waals surface area contributed by atoms with Crippen molar-refractivity contribution in [3.63, 3.8) is 0 Å². The number of hydrogen-bond donors (Lipinski definition) is 1. The zero-order valence-corrected chi connectivity index (χ0v) is 21.9. The third kappa shape index (κ3) is 4.77. The third-order valence-electron chi connectivity index (χ3n) is 8.02. The number of fused-ring (bicyclic) bond motifs is 1. The highest BCUT2D eigenvalue weighted by Crippen LogP contribution is 2.32. The van der Waals surface area contributed by atoms with Gasteiger partial charge in [0.05, 0.1) is 11.6 Å². The smallest absolute Gasteiger partial charge is 0.258 e. The Hall–Kier alpha value is -4.37. The second kappa shape index (κ2) is 10.7. The van der Waals surface area contributed by atoms with Crippen LogP contribution < -0.4 is 5.32 Å². The molecule has 2 saturated heterocycles. The zero-order valence-electron chi connectivity index (χ0n) is 21.9. The van der Waals surface area contributed by atoms with E-state index in [1.807, 2.05) is 36.4 Å². The summed E-state index contributed by atoms with van der Waals surface area (Å²) in [5.41, 5.74) is 2.81. The summed E-state index contributed by atoms with van der Waals surface area (Å²) in [6.07, 6.45) is 0.305. The van der Waals surface area contributed by atoms with Gasteiger partial charge in [0.1, 0.15) is 11.9 Å². The molecule has 0 saturated carbocycles. The van der Waals surface area contributed by atoms with Crippen LogP contribution in [0.4, 0.5) is 4.39 Å². The fraction of sp³-hybridized carbons (Fsp3) is 0.290.